The van der Waals surface area contributed by atoms with E-state index in [4.69, 9.17) is 5.11 Å². The number of carbonyl (C=O) groups excluding carboxylic acids is 1. The van der Waals surface area contributed by atoms with Crippen molar-refractivity contribution in [1.82, 2.24) is 5.32 Å². The van der Waals surface area contributed by atoms with Crippen LogP contribution >= 0.6 is 11.8 Å². The molecule has 1 aliphatic rings. The Labute approximate surface area is 130 Å². The van der Waals surface area contributed by atoms with E-state index in [0.29, 0.717) is 5.56 Å². The van der Waals surface area contributed by atoms with Crippen molar-refractivity contribution in [3.63, 3.8) is 0 Å². The van der Waals surface area contributed by atoms with Crippen LogP contribution in [0.3, 0.4) is 0 Å². The van der Waals surface area contributed by atoms with Crippen LogP contribution in [0.5, 0.6) is 0 Å². The Balaban J connectivity index is 2.06. The fourth-order valence-electron chi connectivity index (χ4n) is 2.50. The molecule has 4 heteroatoms. The van der Waals surface area contributed by atoms with Crippen LogP contribution in [0.25, 0.3) is 0 Å². The minimum Gasteiger partial charge on any atom is -0.384 e. The monoisotopic (exact) mass is 303 g/mol. The molecule has 0 unspecified atom stereocenters. The molecule has 0 heterocycles. The van der Waals surface area contributed by atoms with Crippen LogP contribution in [0.1, 0.15) is 40.7 Å². The van der Waals surface area contributed by atoms with Gasteiger partial charge >= 0.3 is 0 Å². The SMILES string of the molecule is CSC1(CNC(=O)c2cc(C)cc(C#CCO)c2)CCC1. The fraction of sp³-hybridized carbons (Fsp3) is 0.471. The Hall–Kier alpha value is -1.44. The number of amides is 1. The molecule has 0 spiro atoms. The molecular weight excluding hydrogens is 282 g/mol. The lowest BCUT2D eigenvalue weighted by molar-refractivity contribution is 0.0944. The van der Waals surface area contributed by atoms with Gasteiger partial charge in [-0.15, -0.1) is 0 Å². The van der Waals surface area contributed by atoms with Crippen molar-refractivity contribution in [2.75, 3.05) is 19.4 Å². The van der Waals surface area contributed by atoms with E-state index in [2.05, 4.69) is 23.4 Å². The maximum Gasteiger partial charge on any atom is 0.251 e. The number of aryl methyl sites for hydroxylation is 1. The summed E-state index contributed by atoms with van der Waals surface area (Å²) in [6.45, 7) is 2.49. The van der Waals surface area contributed by atoms with Crippen LogP contribution < -0.4 is 5.32 Å². The number of carbonyl (C=O) groups is 1. The molecule has 2 rings (SSSR count). The number of nitrogens with one attached hydrogen (secondary N) is 1. The van der Waals surface area contributed by atoms with Crippen molar-refractivity contribution in [2.45, 2.75) is 30.9 Å². The Kier molecular flexibility index (Phi) is 5.33. The van der Waals surface area contributed by atoms with Crippen molar-refractivity contribution < 1.29 is 9.90 Å². The number of aliphatic hydroxyl groups is 1. The zero-order chi connectivity index (χ0) is 15.3. The fourth-order valence-corrected chi connectivity index (χ4v) is 3.41. The first-order valence-corrected chi connectivity index (χ1v) is 8.36. The number of hydrogen-bond acceptors (Lipinski definition) is 3. The van der Waals surface area contributed by atoms with Gasteiger partial charge in [-0.05, 0) is 49.8 Å². The number of rotatable bonds is 4. The lowest BCUT2D eigenvalue weighted by Gasteiger charge is -2.40. The Morgan fingerprint density at radius 1 is 1.43 bits per heavy atom. The highest BCUT2D eigenvalue weighted by Gasteiger charge is 2.36. The molecule has 1 fully saturated rings. The highest BCUT2D eigenvalue weighted by atomic mass is 32.2. The third kappa shape index (κ3) is 4.03. The van der Waals surface area contributed by atoms with Gasteiger partial charge < -0.3 is 10.4 Å². The molecule has 2 N–H and O–H groups in total. The number of hydrogen-bond donors (Lipinski definition) is 2. The lowest BCUT2D eigenvalue weighted by Crippen LogP contribution is -2.45. The third-order valence-corrected chi connectivity index (χ3v) is 5.34. The van der Waals surface area contributed by atoms with E-state index >= 15 is 0 Å². The summed E-state index contributed by atoms with van der Waals surface area (Å²) in [5.41, 5.74) is 2.39. The lowest BCUT2D eigenvalue weighted by atomic mass is 9.84. The van der Waals surface area contributed by atoms with E-state index in [1.807, 2.05) is 30.8 Å². The van der Waals surface area contributed by atoms with Gasteiger partial charge in [0.25, 0.3) is 5.91 Å². The largest absolute Gasteiger partial charge is 0.384 e. The van der Waals surface area contributed by atoms with Crippen LogP contribution in [-0.4, -0.2) is 35.2 Å². The summed E-state index contributed by atoms with van der Waals surface area (Å²) >= 11 is 1.85. The molecule has 0 bridgehead atoms. The summed E-state index contributed by atoms with van der Waals surface area (Å²) in [7, 11) is 0. The minimum absolute atomic E-state index is 0.0499. The van der Waals surface area contributed by atoms with Crippen molar-refractivity contribution >= 4 is 17.7 Å². The summed E-state index contributed by atoms with van der Waals surface area (Å²) in [5, 5.41) is 11.8. The zero-order valence-electron chi connectivity index (χ0n) is 12.5. The summed E-state index contributed by atoms with van der Waals surface area (Å²) in [5.74, 6) is 5.41. The van der Waals surface area contributed by atoms with E-state index in [0.717, 1.165) is 17.7 Å². The topological polar surface area (TPSA) is 49.3 Å². The first-order chi connectivity index (χ1) is 10.1. The Morgan fingerprint density at radius 3 is 2.76 bits per heavy atom. The van der Waals surface area contributed by atoms with Gasteiger partial charge in [0.15, 0.2) is 0 Å². The highest BCUT2D eigenvalue weighted by Crippen LogP contribution is 2.42. The normalized spacial score (nSPS) is 15.6. The quantitative estimate of drug-likeness (QED) is 0.840. The maximum atomic E-state index is 12.3. The maximum absolute atomic E-state index is 12.3. The average molecular weight is 303 g/mol. The second kappa shape index (κ2) is 7.02. The van der Waals surface area contributed by atoms with E-state index in [1.165, 1.54) is 19.3 Å². The minimum atomic E-state index is -0.175. The summed E-state index contributed by atoms with van der Waals surface area (Å²) in [6, 6.07) is 5.55. The van der Waals surface area contributed by atoms with Crippen molar-refractivity contribution in [3.8, 4) is 11.8 Å². The summed E-state index contributed by atoms with van der Waals surface area (Å²) in [6.07, 6.45) is 5.72. The molecule has 1 saturated carbocycles. The summed E-state index contributed by atoms with van der Waals surface area (Å²) < 4.78 is 0.235. The van der Waals surface area contributed by atoms with Crippen LogP contribution in [0.2, 0.25) is 0 Å². The van der Waals surface area contributed by atoms with E-state index in [9.17, 15) is 4.79 Å². The first kappa shape index (κ1) is 15.9. The summed E-state index contributed by atoms with van der Waals surface area (Å²) in [4.78, 5) is 12.3. The van der Waals surface area contributed by atoms with Crippen molar-refractivity contribution in [2.24, 2.45) is 0 Å². The van der Waals surface area contributed by atoms with Crippen LogP contribution in [0.15, 0.2) is 18.2 Å². The molecule has 3 nitrogen and oxygen atoms in total. The zero-order valence-corrected chi connectivity index (χ0v) is 13.3. The molecule has 0 saturated heterocycles. The average Bonchev–Trinajstić information content (AvgIpc) is 2.43. The second-order valence-corrected chi connectivity index (χ2v) is 6.75. The number of benzene rings is 1. The van der Waals surface area contributed by atoms with Gasteiger partial charge in [0.1, 0.15) is 6.61 Å². The Morgan fingerprint density at radius 2 is 2.19 bits per heavy atom. The molecule has 1 amide bonds. The predicted octanol–water partition coefficient (Wildman–Crippen LogP) is 2.35. The Bertz CT molecular complexity index is 577. The van der Waals surface area contributed by atoms with Gasteiger partial charge in [-0.3, -0.25) is 4.79 Å². The van der Waals surface area contributed by atoms with Crippen LogP contribution in [0, 0.1) is 18.8 Å². The van der Waals surface area contributed by atoms with Crippen LogP contribution in [0.4, 0.5) is 0 Å². The molecular formula is C17H21NO2S. The molecule has 21 heavy (non-hydrogen) atoms. The van der Waals surface area contributed by atoms with Crippen molar-refractivity contribution in [1.29, 1.82) is 0 Å². The predicted molar refractivity (Wildman–Crippen MR) is 87.6 cm³/mol. The molecule has 112 valence electrons. The smallest absolute Gasteiger partial charge is 0.251 e. The van der Waals surface area contributed by atoms with Gasteiger partial charge in [-0.1, -0.05) is 18.3 Å². The van der Waals surface area contributed by atoms with Gasteiger partial charge in [-0.25, -0.2) is 0 Å². The van der Waals surface area contributed by atoms with Gasteiger partial charge in [0, 0.05) is 22.4 Å². The second-order valence-electron chi connectivity index (χ2n) is 5.47. The molecule has 1 aliphatic carbocycles. The van der Waals surface area contributed by atoms with E-state index < -0.39 is 0 Å². The first-order valence-electron chi connectivity index (χ1n) is 7.13. The van der Waals surface area contributed by atoms with Gasteiger partial charge in [0.05, 0.1) is 0 Å². The molecule has 1 aromatic carbocycles. The standard InChI is InChI=1S/C17H21NO2S/c1-13-9-14(5-3-8-19)11-15(10-13)16(20)18-12-17(21-2)6-4-7-17/h9-11,19H,4,6-8,12H2,1-2H3,(H,18,20). The number of thioether (sulfide) groups is 1. The molecule has 0 atom stereocenters. The van der Waals surface area contributed by atoms with E-state index in [1.54, 1.807) is 6.07 Å². The van der Waals surface area contributed by atoms with Crippen LogP contribution in [-0.2, 0) is 0 Å². The van der Waals surface area contributed by atoms with Gasteiger partial charge in [0.2, 0.25) is 0 Å². The number of aliphatic hydroxyl groups excluding tert-OH is 1. The van der Waals surface area contributed by atoms with E-state index in [-0.39, 0.29) is 17.3 Å². The van der Waals surface area contributed by atoms with Crippen molar-refractivity contribution in [3.05, 3.63) is 34.9 Å². The van der Waals surface area contributed by atoms with Gasteiger partial charge in [-0.2, -0.15) is 11.8 Å². The molecule has 0 aliphatic heterocycles. The molecule has 0 radical (unpaired) electrons. The highest BCUT2D eigenvalue weighted by molar-refractivity contribution is 8.00. The molecule has 0 aromatic heterocycles. The molecule has 1 aromatic rings. The third-order valence-electron chi connectivity index (χ3n) is 3.92.